The molecule has 0 unspecified atom stereocenters. The third kappa shape index (κ3) is 4.34. The Morgan fingerprint density at radius 2 is 1.68 bits per heavy atom. The lowest BCUT2D eigenvalue weighted by Crippen LogP contribution is -2.23. The molecular weight excluding hydrogens is 372 g/mol. The molecule has 0 aliphatic carbocycles. The number of hydrogen-bond acceptors (Lipinski definition) is 4. The minimum Gasteiger partial charge on any atom is -0.478 e. The summed E-state index contributed by atoms with van der Waals surface area (Å²) in [5, 5.41) is 9.53. The molecular formula is C22H22N2O3S. The van der Waals surface area contributed by atoms with E-state index in [1.165, 1.54) is 34.4 Å². The van der Waals surface area contributed by atoms with Crippen molar-refractivity contribution >= 4 is 40.6 Å². The Kier molecular flexibility index (Phi) is 5.42. The van der Waals surface area contributed by atoms with Crippen LogP contribution < -0.4 is 0 Å². The van der Waals surface area contributed by atoms with Gasteiger partial charge in [0.25, 0.3) is 5.91 Å². The predicted molar refractivity (Wildman–Crippen MR) is 114 cm³/mol. The Balaban J connectivity index is 1.82. The van der Waals surface area contributed by atoms with Gasteiger partial charge in [0.05, 0.1) is 16.2 Å². The SMILES string of the molecule is CN1C(=O)/C(=C/c2ccc(C(C)(C)C)cc2)SC1=Nc1ccc(C(=O)O)cc1. The molecule has 1 N–H and O–H groups in total. The van der Waals surface area contributed by atoms with E-state index in [2.05, 4.69) is 37.9 Å². The van der Waals surface area contributed by atoms with Gasteiger partial charge in [-0.2, -0.15) is 0 Å². The molecule has 1 heterocycles. The molecule has 0 bridgehead atoms. The van der Waals surface area contributed by atoms with Crippen molar-refractivity contribution in [2.75, 3.05) is 7.05 Å². The fraction of sp³-hybridized carbons (Fsp3) is 0.227. The van der Waals surface area contributed by atoms with Gasteiger partial charge in [-0.05, 0) is 58.6 Å². The molecule has 2 aromatic carbocycles. The number of benzene rings is 2. The summed E-state index contributed by atoms with van der Waals surface area (Å²) < 4.78 is 0. The predicted octanol–water partition coefficient (Wildman–Crippen LogP) is 4.92. The number of rotatable bonds is 3. The van der Waals surface area contributed by atoms with E-state index in [1.54, 1.807) is 19.2 Å². The minimum atomic E-state index is -0.982. The molecule has 0 radical (unpaired) electrons. The Morgan fingerprint density at radius 3 is 2.21 bits per heavy atom. The molecule has 0 saturated carbocycles. The van der Waals surface area contributed by atoms with E-state index in [0.717, 1.165) is 5.56 Å². The number of aliphatic imine (C=N–C) groups is 1. The highest BCUT2D eigenvalue weighted by Gasteiger charge is 2.30. The van der Waals surface area contributed by atoms with E-state index in [4.69, 9.17) is 5.11 Å². The third-order valence-corrected chi connectivity index (χ3v) is 5.48. The van der Waals surface area contributed by atoms with Crippen LogP contribution in [-0.2, 0) is 10.2 Å². The number of thioether (sulfide) groups is 1. The lowest BCUT2D eigenvalue weighted by atomic mass is 9.87. The standard InChI is InChI=1S/C22H22N2O3S/c1-22(2,3)16-9-5-14(6-10-16)13-18-19(25)24(4)21(28-18)23-17-11-7-15(8-12-17)20(26)27/h5-13H,1-4H3,(H,26,27)/b18-13-,23-21?. The summed E-state index contributed by atoms with van der Waals surface area (Å²) >= 11 is 1.31. The van der Waals surface area contributed by atoms with Gasteiger partial charge in [-0.1, -0.05) is 45.0 Å². The lowest BCUT2D eigenvalue weighted by molar-refractivity contribution is -0.121. The number of amides is 1. The first-order valence-corrected chi connectivity index (χ1v) is 9.67. The maximum absolute atomic E-state index is 12.6. The molecule has 1 amide bonds. The van der Waals surface area contributed by atoms with Gasteiger partial charge in [0.1, 0.15) is 0 Å². The third-order valence-electron chi connectivity index (χ3n) is 4.42. The second kappa shape index (κ2) is 7.64. The van der Waals surface area contributed by atoms with E-state index < -0.39 is 5.97 Å². The van der Waals surface area contributed by atoms with Crippen molar-refractivity contribution < 1.29 is 14.7 Å². The molecule has 1 fully saturated rings. The van der Waals surface area contributed by atoms with Crippen molar-refractivity contribution in [3.8, 4) is 0 Å². The van der Waals surface area contributed by atoms with Crippen molar-refractivity contribution in [3.05, 3.63) is 70.1 Å². The summed E-state index contributed by atoms with van der Waals surface area (Å²) in [7, 11) is 1.68. The zero-order valence-electron chi connectivity index (χ0n) is 16.3. The quantitative estimate of drug-likeness (QED) is 0.751. The number of likely N-dealkylation sites (N-methyl/N-ethyl adjacent to an activating group) is 1. The Morgan fingerprint density at radius 1 is 1.07 bits per heavy atom. The monoisotopic (exact) mass is 394 g/mol. The van der Waals surface area contributed by atoms with Gasteiger partial charge in [-0.3, -0.25) is 9.69 Å². The van der Waals surface area contributed by atoms with Crippen LogP contribution in [0.25, 0.3) is 6.08 Å². The fourth-order valence-electron chi connectivity index (χ4n) is 2.67. The van der Waals surface area contributed by atoms with Crippen LogP contribution in [0.1, 0.15) is 42.3 Å². The highest BCUT2D eigenvalue weighted by Crippen LogP contribution is 2.33. The van der Waals surface area contributed by atoms with Crippen LogP contribution in [-0.4, -0.2) is 34.1 Å². The number of carbonyl (C=O) groups excluding carboxylic acids is 1. The first kappa shape index (κ1) is 19.9. The van der Waals surface area contributed by atoms with Gasteiger partial charge >= 0.3 is 5.97 Å². The molecule has 2 aromatic rings. The molecule has 0 atom stereocenters. The van der Waals surface area contributed by atoms with Gasteiger partial charge in [-0.25, -0.2) is 9.79 Å². The second-order valence-electron chi connectivity index (χ2n) is 7.59. The van der Waals surface area contributed by atoms with E-state index >= 15 is 0 Å². The average molecular weight is 394 g/mol. The lowest BCUT2D eigenvalue weighted by Gasteiger charge is -2.18. The number of carboxylic acids is 1. The number of hydrogen-bond donors (Lipinski definition) is 1. The smallest absolute Gasteiger partial charge is 0.335 e. The highest BCUT2D eigenvalue weighted by atomic mass is 32.2. The van der Waals surface area contributed by atoms with Crippen LogP contribution in [0, 0.1) is 0 Å². The molecule has 3 rings (SSSR count). The normalized spacial score (nSPS) is 17.6. The van der Waals surface area contributed by atoms with Gasteiger partial charge < -0.3 is 5.11 Å². The summed E-state index contributed by atoms with van der Waals surface area (Å²) in [4.78, 5) is 30.1. The molecule has 1 saturated heterocycles. The summed E-state index contributed by atoms with van der Waals surface area (Å²) in [5.74, 6) is -1.09. The first-order valence-electron chi connectivity index (χ1n) is 8.85. The largest absolute Gasteiger partial charge is 0.478 e. The number of aromatic carboxylic acids is 1. The number of carbonyl (C=O) groups is 2. The Hall–Kier alpha value is -2.86. The van der Waals surface area contributed by atoms with Gasteiger partial charge in [0, 0.05) is 7.05 Å². The van der Waals surface area contributed by atoms with Crippen molar-refractivity contribution in [3.63, 3.8) is 0 Å². The Bertz CT molecular complexity index is 968. The maximum atomic E-state index is 12.6. The summed E-state index contributed by atoms with van der Waals surface area (Å²) in [6, 6.07) is 14.4. The van der Waals surface area contributed by atoms with Crippen LogP contribution in [0.4, 0.5) is 5.69 Å². The fourth-order valence-corrected chi connectivity index (χ4v) is 3.66. The molecule has 28 heavy (non-hydrogen) atoms. The highest BCUT2D eigenvalue weighted by molar-refractivity contribution is 8.18. The van der Waals surface area contributed by atoms with Gasteiger partial charge in [0.2, 0.25) is 0 Å². The van der Waals surface area contributed by atoms with E-state index in [-0.39, 0.29) is 16.9 Å². The number of nitrogens with zero attached hydrogens (tertiary/aromatic N) is 2. The maximum Gasteiger partial charge on any atom is 0.335 e. The summed E-state index contributed by atoms with van der Waals surface area (Å²) in [5.41, 5.74) is 3.09. The zero-order chi connectivity index (χ0) is 20.5. The van der Waals surface area contributed by atoms with Crippen LogP contribution in [0.3, 0.4) is 0 Å². The molecule has 0 spiro atoms. The zero-order valence-corrected chi connectivity index (χ0v) is 17.1. The number of amidine groups is 1. The molecule has 144 valence electrons. The molecule has 1 aliphatic rings. The topological polar surface area (TPSA) is 70.0 Å². The number of carboxylic acid groups (broad SMARTS) is 1. The van der Waals surface area contributed by atoms with Crippen molar-refractivity contribution in [2.24, 2.45) is 4.99 Å². The van der Waals surface area contributed by atoms with E-state index in [1.807, 2.05) is 18.2 Å². The van der Waals surface area contributed by atoms with Crippen molar-refractivity contribution in [2.45, 2.75) is 26.2 Å². The Labute approximate surface area is 168 Å². The van der Waals surface area contributed by atoms with E-state index in [9.17, 15) is 9.59 Å². The first-order chi connectivity index (χ1) is 13.1. The molecule has 0 aromatic heterocycles. The van der Waals surface area contributed by atoms with Crippen molar-refractivity contribution in [1.29, 1.82) is 0 Å². The van der Waals surface area contributed by atoms with Gasteiger partial charge in [0.15, 0.2) is 5.17 Å². The second-order valence-corrected chi connectivity index (χ2v) is 8.60. The minimum absolute atomic E-state index is 0.0832. The summed E-state index contributed by atoms with van der Waals surface area (Å²) in [6.07, 6.45) is 1.87. The van der Waals surface area contributed by atoms with E-state index in [0.29, 0.717) is 15.8 Å². The molecule has 6 heteroatoms. The van der Waals surface area contributed by atoms with Crippen LogP contribution in [0.2, 0.25) is 0 Å². The van der Waals surface area contributed by atoms with Gasteiger partial charge in [-0.15, -0.1) is 0 Å². The molecule has 5 nitrogen and oxygen atoms in total. The van der Waals surface area contributed by atoms with Crippen molar-refractivity contribution in [1.82, 2.24) is 4.90 Å². The molecule has 1 aliphatic heterocycles. The van der Waals surface area contributed by atoms with Crippen LogP contribution in [0.15, 0.2) is 58.4 Å². The van der Waals surface area contributed by atoms with Crippen LogP contribution >= 0.6 is 11.8 Å². The summed E-state index contributed by atoms with van der Waals surface area (Å²) in [6.45, 7) is 6.49. The van der Waals surface area contributed by atoms with Crippen LogP contribution in [0.5, 0.6) is 0 Å². The average Bonchev–Trinajstić information content (AvgIpc) is 2.90.